The topological polar surface area (TPSA) is 4.93 Å². The summed E-state index contributed by atoms with van der Waals surface area (Å²) in [5.74, 6) is 1.10. The molecule has 0 N–H and O–H groups in total. The number of aryl methyl sites for hydroxylation is 2. The number of rotatable bonds is 2. The summed E-state index contributed by atoms with van der Waals surface area (Å²) in [5, 5.41) is 1.40. The molecule has 1 aromatic heterocycles. The van der Waals surface area contributed by atoms with Crippen LogP contribution in [0.1, 0.15) is 11.1 Å². The van der Waals surface area contributed by atoms with E-state index in [1.807, 2.05) is 11.8 Å². The minimum absolute atomic E-state index is 1.10. The highest BCUT2D eigenvalue weighted by molar-refractivity contribution is 7.97. The summed E-state index contributed by atoms with van der Waals surface area (Å²) in [6.45, 7) is 2.14. The van der Waals surface area contributed by atoms with Gasteiger partial charge in [-0.05, 0) is 30.4 Å². The van der Waals surface area contributed by atoms with E-state index >= 15 is 0 Å². The highest BCUT2D eigenvalue weighted by Crippen LogP contribution is 2.24. The zero-order valence-electron chi connectivity index (χ0n) is 8.87. The van der Waals surface area contributed by atoms with Crippen LogP contribution in [0.5, 0.6) is 0 Å². The van der Waals surface area contributed by atoms with Gasteiger partial charge < -0.3 is 4.57 Å². The molecular formula is C12H15NS. The molecule has 1 nitrogen and oxygen atoms in total. The van der Waals surface area contributed by atoms with Gasteiger partial charge in [0, 0.05) is 29.9 Å². The van der Waals surface area contributed by atoms with E-state index in [-0.39, 0.29) is 0 Å². The van der Waals surface area contributed by atoms with Gasteiger partial charge in [0.1, 0.15) is 0 Å². The Kier molecular flexibility index (Phi) is 2.55. The van der Waals surface area contributed by atoms with Gasteiger partial charge in [-0.15, -0.1) is 0 Å². The third-order valence-electron chi connectivity index (χ3n) is 2.53. The van der Waals surface area contributed by atoms with Gasteiger partial charge in [-0.3, -0.25) is 0 Å². The lowest BCUT2D eigenvalue weighted by molar-refractivity contribution is 0.962. The Hall–Kier alpha value is -0.890. The molecule has 0 aliphatic heterocycles. The number of nitrogens with zero attached hydrogens (tertiary/aromatic N) is 1. The summed E-state index contributed by atoms with van der Waals surface area (Å²) >= 11 is 1.87. The van der Waals surface area contributed by atoms with E-state index in [1.165, 1.54) is 22.0 Å². The largest absolute Gasteiger partial charge is 0.350 e. The molecule has 0 aliphatic rings. The highest BCUT2D eigenvalue weighted by Gasteiger charge is 2.05. The van der Waals surface area contributed by atoms with Crippen LogP contribution in [0.3, 0.4) is 0 Å². The van der Waals surface area contributed by atoms with Gasteiger partial charge in [-0.25, -0.2) is 0 Å². The third kappa shape index (κ3) is 1.55. The van der Waals surface area contributed by atoms with Crippen molar-refractivity contribution in [3.05, 3.63) is 35.5 Å². The minimum atomic E-state index is 1.10. The quantitative estimate of drug-likeness (QED) is 0.728. The zero-order valence-corrected chi connectivity index (χ0v) is 9.69. The molecule has 0 fully saturated rings. The Labute approximate surface area is 89.1 Å². The van der Waals surface area contributed by atoms with E-state index < -0.39 is 0 Å². The molecule has 0 spiro atoms. The van der Waals surface area contributed by atoms with Gasteiger partial charge in [-0.2, -0.15) is 11.8 Å². The fraction of sp³-hybridized carbons (Fsp3) is 0.333. The molecule has 2 aromatic rings. The molecule has 0 saturated carbocycles. The number of thioether (sulfide) groups is 1. The lowest BCUT2D eigenvalue weighted by atomic mass is 10.1. The standard InChI is InChI=1S/C12H15NS/c1-9-4-5-11-10(8-14-3)7-13(2)12(11)6-9/h4-7H,8H2,1-3H3. The van der Waals surface area contributed by atoms with Crippen molar-refractivity contribution in [1.29, 1.82) is 0 Å². The van der Waals surface area contributed by atoms with Gasteiger partial charge in [0.25, 0.3) is 0 Å². The second kappa shape index (κ2) is 3.70. The Morgan fingerprint density at radius 3 is 2.86 bits per heavy atom. The second-order valence-corrected chi connectivity index (χ2v) is 4.58. The summed E-state index contributed by atoms with van der Waals surface area (Å²) in [6.07, 6.45) is 4.38. The van der Waals surface area contributed by atoms with Crippen molar-refractivity contribution < 1.29 is 0 Å². The van der Waals surface area contributed by atoms with E-state index in [1.54, 1.807) is 0 Å². The van der Waals surface area contributed by atoms with Crippen molar-refractivity contribution in [2.24, 2.45) is 7.05 Å². The average molecular weight is 205 g/mol. The van der Waals surface area contributed by atoms with E-state index in [0.717, 1.165) is 5.75 Å². The first kappa shape index (κ1) is 9.66. The number of hydrogen-bond donors (Lipinski definition) is 0. The Morgan fingerprint density at radius 1 is 1.36 bits per heavy atom. The molecular weight excluding hydrogens is 190 g/mol. The zero-order chi connectivity index (χ0) is 10.1. The molecule has 0 radical (unpaired) electrons. The van der Waals surface area contributed by atoms with Crippen LogP contribution in [-0.2, 0) is 12.8 Å². The van der Waals surface area contributed by atoms with Gasteiger partial charge in [0.05, 0.1) is 0 Å². The molecule has 0 unspecified atom stereocenters. The highest BCUT2D eigenvalue weighted by atomic mass is 32.2. The molecule has 0 bridgehead atoms. The molecule has 2 heteroatoms. The van der Waals surface area contributed by atoms with E-state index in [0.29, 0.717) is 0 Å². The summed E-state index contributed by atoms with van der Waals surface area (Å²) in [6, 6.07) is 6.67. The number of benzene rings is 1. The monoisotopic (exact) mass is 205 g/mol. The maximum Gasteiger partial charge on any atom is 0.0483 e. The fourth-order valence-electron chi connectivity index (χ4n) is 1.85. The Morgan fingerprint density at radius 2 is 2.14 bits per heavy atom. The van der Waals surface area contributed by atoms with Gasteiger partial charge in [0.2, 0.25) is 0 Å². The SMILES string of the molecule is CSCc1cn(C)c2cc(C)ccc12. The van der Waals surface area contributed by atoms with Crippen molar-refractivity contribution in [3.63, 3.8) is 0 Å². The first-order valence-electron chi connectivity index (χ1n) is 4.76. The van der Waals surface area contributed by atoms with Crippen LogP contribution in [0.2, 0.25) is 0 Å². The first-order valence-corrected chi connectivity index (χ1v) is 6.15. The van der Waals surface area contributed by atoms with Crippen LogP contribution in [0, 0.1) is 6.92 Å². The van der Waals surface area contributed by atoms with Crippen molar-refractivity contribution in [2.75, 3.05) is 6.26 Å². The number of hydrogen-bond acceptors (Lipinski definition) is 1. The predicted molar refractivity (Wildman–Crippen MR) is 64.9 cm³/mol. The molecule has 1 heterocycles. The summed E-state index contributed by atoms with van der Waals surface area (Å²) in [4.78, 5) is 0. The molecule has 0 aliphatic carbocycles. The third-order valence-corrected chi connectivity index (χ3v) is 3.13. The molecule has 14 heavy (non-hydrogen) atoms. The fourth-order valence-corrected chi connectivity index (χ4v) is 2.39. The van der Waals surface area contributed by atoms with Crippen LogP contribution in [0.4, 0.5) is 0 Å². The molecule has 1 aromatic carbocycles. The average Bonchev–Trinajstić information content (AvgIpc) is 2.44. The molecule has 0 atom stereocenters. The van der Waals surface area contributed by atoms with Gasteiger partial charge >= 0.3 is 0 Å². The van der Waals surface area contributed by atoms with Crippen LogP contribution >= 0.6 is 11.8 Å². The van der Waals surface area contributed by atoms with Crippen LogP contribution < -0.4 is 0 Å². The molecule has 0 saturated heterocycles. The number of fused-ring (bicyclic) bond motifs is 1. The Bertz CT molecular complexity index is 457. The maximum absolute atomic E-state index is 2.25. The molecule has 74 valence electrons. The van der Waals surface area contributed by atoms with Gasteiger partial charge in [-0.1, -0.05) is 12.1 Å². The lowest BCUT2D eigenvalue weighted by Crippen LogP contribution is -1.83. The molecule has 0 amide bonds. The van der Waals surface area contributed by atoms with Gasteiger partial charge in [0.15, 0.2) is 0 Å². The smallest absolute Gasteiger partial charge is 0.0483 e. The minimum Gasteiger partial charge on any atom is -0.350 e. The second-order valence-electron chi connectivity index (χ2n) is 3.72. The van der Waals surface area contributed by atoms with Crippen LogP contribution in [0.15, 0.2) is 24.4 Å². The van der Waals surface area contributed by atoms with E-state index in [2.05, 4.69) is 49.2 Å². The predicted octanol–water partition coefficient (Wildman–Crippen LogP) is 3.35. The van der Waals surface area contributed by atoms with Crippen molar-refractivity contribution in [3.8, 4) is 0 Å². The maximum atomic E-state index is 2.25. The Balaban J connectivity index is 2.65. The number of aromatic nitrogens is 1. The van der Waals surface area contributed by atoms with Crippen molar-refractivity contribution >= 4 is 22.7 Å². The van der Waals surface area contributed by atoms with Crippen molar-refractivity contribution in [1.82, 2.24) is 4.57 Å². The summed E-state index contributed by atoms with van der Waals surface area (Å²) < 4.78 is 2.22. The van der Waals surface area contributed by atoms with E-state index in [9.17, 15) is 0 Å². The van der Waals surface area contributed by atoms with Crippen LogP contribution in [0.25, 0.3) is 10.9 Å². The lowest BCUT2D eigenvalue weighted by Gasteiger charge is -1.97. The van der Waals surface area contributed by atoms with E-state index in [4.69, 9.17) is 0 Å². The van der Waals surface area contributed by atoms with Crippen LogP contribution in [-0.4, -0.2) is 10.8 Å². The first-order chi connectivity index (χ1) is 6.72. The normalized spacial score (nSPS) is 11.1. The van der Waals surface area contributed by atoms with Crippen molar-refractivity contribution in [2.45, 2.75) is 12.7 Å². The summed E-state index contributed by atoms with van der Waals surface area (Å²) in [7, 11) is 2.12. The summed E-state index contributed by atoms with van der Waals surface area (Å²) in [5.41, 5.74) is 4.11. The molecule has 2 rings (SSSR count).